The molecule has 0 bridgehead atoms. The Kier molecular flexibility index (Phi) is 8.11. The van der Waals surface area contributed by atoms with Crippen LogP contribution in [0.3, 0.4) is 0 Å². The van der Waals surface area contributed by atoms with Crippen molar-refractivity contribution < 1.29 is 9.90 Å². The van der Waals surface area contributed by atoms with Crippen molar-refractivity contribution >= 4 is 91.6 Å². The molecule has 11 heteroatoms. The predicted octanol–water partition coefficient (Wildman–Crippen LogP) is 5.20. The highest BCUT2D eigenvalue weighted by molar-refractivity contribution is 14.1. The molecule has 172 valence electrons. The number of hydrazone groups is 1. The number of phenols is 1. The van der Waals surface area contributed by atoms with E-state index in [-0.39, 0.29) is 23.0 Å². The molecule has 0 saturated carbocycles. The van der Waals surface area contributed by atoms with E-state index in [4.69, 9.17) is 11.6 Å². The standard InChI is InChI=1S/C23H15ClI2N4O3S/c24-14-5-7-16(8-6-14)30-22(33)17-3-1-2-4-19(17)28-23(30)34-12-20(31)29-27-11-13-9-15(25)10-18(26)21(13)32/h1-11,32H,12H2,(H,29,31)/b27-11+. The third-order valence-corrected chi connectivity index (χ3v) is 7.25. The molecule has 0 fully saturated rings. The van der Waals surface area contributed by atoms with Gasteiger partial charge >= 0.3 is 0 Å². The summed E-state index contributed by atoms with van der Waals surface area (Å²) in [7, 11) is 0. The number of carbonyl (C=O) groups excluding carboxylic acids is 1. The quantitative estimate of drug-likeness (QED) is 0.0942. The maximum absolute atomic E-state index is 13.2. The molecule has 0 radical (unpaired) electrons. The van der Waals surface area contributed by atoms with Gasteiger partial charge in [0.1, 0.15) is 5.75 Å². The third kappa shape index (κ3) is 5.73. The molecular weight excluding hydrogens is 702 g/mol. The smallest absolute Gasteiger partial charge is 0.266 e. The Labute approximate surface area is 230 Å². The number of phenolic OH excluding ortho intramolecular Hbond substituents is 1. The lowest BCUT2D eigenvalue weighted by atomic mass is 10.2. The molecule has 0 spiro atoms. The van der Waals surface area contributed by atoms with Crippen molar-refractivity contribution in [2.24, 2.45) is 5.10 Å². The minimum Gasteiger partial charge on any atom is -0.506 e. The summed E-state index contributed by atoms with van der Waals surface area (Å²) in [5, 5.41) is 15.5. The monoisotopic (exact) mass is 716 g/mol. The van der Waals surface area contributed by atoms with Gasteiger partial charge in [-0.05, 0) is 93.7 Å². The lowest BCUT2D eigenvalue weighted by Gasteiger charge is -2.13. The Bertz CT molecular complexity index is 1480. The van der Waals surface area contributed by atoms with Crippen LogP contribution in [0.5, 0.6) is 5.75 Å². The number of aromatic hydroxyl groups is 1. The molecule has 0 aliphatic heterocycles. The largest absolute Gasteiger partial charge is 0.506 e. The van der Waals surface area contributed by atoms with E-state index in [1.165, 1.54) is 10.8 Å². The fraction of sp³-hybridized carbons (Fsp3) is 0.0435. The number of nitrogens with zero attached hydrogens (tertiary/aromatic N) is 3. The highest BCUT2D eigenvalue weighted by Crippen LogP contribution is 2.26. The van der Waals surface area contributed by atoms with Crippen molar-refractivity contribution in [1.82, 2.24) is 15.0 Å². The molecular formula is C23H15ClI2N4O3S. The minimum atomic E-state index is -0.383. The number of nitrogens with one attached hydrogen (secondary N) is 1. The summed E-state index contributed by atoms with van der Waals surface area (Å²) in [6.45, 7) is 0. The second-order valence-electron chi connectivity index (χ2n) is 6.94. The van der Waals surface area contributed by atoms with Crippen LogP contribution in [-0.2, 0) is 4.79 Å². The second kappa shape index (κ2) is 11.1. The van der Waals surface area contributed by atoms with Gasteiger partial charge in [0.2, 0.25) is 0 Å². The molecule has 1 heterocycles. The van der Waals surface area contributed by atoms with Crippen molar-refractivity contribution in [2.75, 3.05) is 5.75 Å². The molecule has 0 aliphatic rings. The summed E-state index contributed by atoms with van der Waals surface area (Å²) in [6, 6.07) is 17.5. The average Bonchev–Trinajstić information content (AvgIpc) is 2.82. The summed E-state index contributed by atoms with van der Waals surface area (Å²) < 4.78 is 3.09. The van der Waals surface area contributed by atoms with Crippen LogP contribution in [0.1, 0.15) is 5.56 Å². The van der Waals surface area contributed by atoms with E-state index in [1.807, 2.05) is 28.7 Å². The second-order valence-corrected chi connectivity index (χ2v) is 10.7. The van der Waals surface area contributed by atoms with Gasteiger partial charge in [0, 0.05) is 14.2 Å². The molecule has 3 aromatic carbocycles. The highest BCUT2D eigenvalue weighted by atomic mass is 127. The molecule has 4 aromatic rings. The molecule has 4 rings (SSSR count). The van der Waals surface area contributed by atoms with Crippen LogP contribution in [0, 0.1) is 7.14 Å². The number of fused-ring (bicyclic) bond motifs is 1. The van der Waals surface area contributed by atoms with E-state index >= 15 is 0 Å². The van der Waals surface area contributed by atoms with Crippen molar-refractivity contribution in [3.63, 3.8) is 0 Å². The van der Waals surface area contributed by atoms with Crippen molar-refractivity contribution in [3.05, 3.63) is 88.7 Å². The number of para-hydroxylation sites is 1. The Morgan fingerprint density at radius 3 is 2.68 bits per heavy atom. The molecule has 7 nitrogen and oxygen atoms in total. The molecule has 0 aliphatic carbocycles. The third-order valence-electron chi connectivity index (χ3n) is 4.61. The van der Waals surface area contributed by atoms with Gasteiger partial charge in [0.25, 0.3) is 11.5 Å². The van der Waals surface area contributed by atoms with E-state index in [0.717, 1.165) is 15.3 Å². The topological polar surface area (TPSA) is 96.6 Å². The lowest BCUT2D eigenvalue weighted by Crippen LogP contribution is -2.24. The van der Waals surface area contributed by atoms with Gasteiger partial charge in [0.15, 0.2) is 5.16 Å². The maximum atomic E-state index is 13.2. The fourth-order valence-corrected chi connectivity index (χ4v) is 5.87. The van der Waals surface area contributed by atoms with Gasteiger partial charge in [-0.25, -0.2) is 10.4 Å². The number of benzene rings is 3. The first kappa shape index (κ1) is 24.9. The van der Waals surface area contributed by atoms with E-state index in [2.05, 4.69) is 38.1 Å². The zero-order chi connectivity index (χ0) is 24.2. The van der Waals surface area contributed by atoms with Crippen LogP contribution in [0.15, 0.2) is 75.7 Å². The van der Waals surface area contributed by atoms with Gasteiger partial charge in [-0.3, -0.25) is 14.2 Å². The fourth-order valence-electron chi connectivity index (χ4n) is 3.05. The number of hydrogen-bond donors (Lipinski definition) is 2. The Morgan fingerprint density at radius 1 is 1.18 bits per heavy atom. The summed E-state index contributed by atoms with van der Waals surface area (Å²) in [4.78, 5) is 30.3. The van der Waals surface area contributed by atoms with Gasteiger partial charge in [0.05, 0.1) is 32.1 Å². The molecule has 34 heavy (non-hydrogen) atoms. The molecule has 1 aromatic heterocycles. The highest BCUT2D eigenvalue weighted by Gasteiger charge is 2.15. The van der Waals surface area contributed by atoms with Gasteiger partial charge in [-0.15, -0.1) is 0 Å². The van der Waals surface area contributed by atoms with Crippen molar-refractivity contribution in [2.45, 2.75) is 5.16 Å². The van der Waals surface area contributed by atoms with Crippen LogP contribution in [0.25, 0.3) is 16.6 Å². The van der Waals surface area contributed by atoms with Crippen molar-refractivity contribution in [1.29, 1.82) is 0 Å². The SMILES string of the molecule is O=C(CSc1nc2ccccc2c(=O)n1-c1ccc(Cl)cc1)N/N=C/c1cc(I)cc(I)c1O. The Hall–Kier alpha value is -2.16. The molecule has 1 amide bonds. The number of aromatic nitrogens is 2. The summed E-state index contributed by atoms with van der Waals surface area (Å²) in [5.74, 6) is -0.308. The van der Waals surface area contributed by atoms with Crippen LogP contribution >= 0.6 is 68.5 Å². The van der Waals surface area contributed by atoms with Crippen LogP contribution in [0.2, 0.25) is 5.02 Å². The zero-order valence-electron chi connectivity index (χ0n) is 17.2. The zero-order valence-corrected chi connectivity index (χ0v) is 23.1. The van der Waals surface area contributed by atoms with E-state index in [9.17, 15) is 14.7 Å². The normalized spacial score (nSPS) is 11.3. The van der Waals surface area contributed by atoms with E-state index in [1.54, 1.807) is 54.6 Å². The lowest BCUT2D eigenvalue weighted by molar-refractivity contribution is -0.118. The molecule has 0 atom stereocenters. The first-order chi connectivity index (χ1) is 16.3. The summed E-state index contributed by atoms with van der Waals surface area (Å²) in [5.41, 5.74) is 3.84. The number of amides is 1. The Morgan fingerprint density at radius 2 is 1.91 bits per heavy atom. The first-order valence-corrected chi connectivity index (χ1v) is 13.3. The van der Waals surface area contributed by atoms with Gasteiger partial charge in [-0.1, -0.05) is 35.5 Å². The predicted molar refractivity (Wildman–Crippen MR) is 152 cm³/mol. The Balaban J connectivity index is 1.56. The van der Waals surface area contributed by atoms with E-state index < -0.39 is 0 Å². The number of rotatable bonds is 6. The molecule has 2 N–H and O–H groups in total. The van der Waals surface area contributed by atoms with E-state index in [0.29, 0.717) is 35.9 Å². The number of hydrogen-bond acceptors (Lipinski definition) is 6. The number of carbonyl (C=O) groups is 1. The molecule has 0 unspecified atom stereocenters. The summed E-state index contributed by atoms with van der Waals surface area (Å²) in [6.07, 6.45) is 1.39. The molecule has 0 saturated heterocycles. The number of thioether (sulfide) groups is 1. The summed E-state index contributed by atoms with van der Waals surface area (Å²) >= 11 is 11.3. The van der Waals surface area contributed by atoms with Gasteiger partial charge in [-0.2, -0.15) is 5.10 Å². The van der Waals surface area contributed by atoms with Gasteiger partial charge < -0.3 is 5.11 Å². The average molecular weight is 717 g/mol. The number of halogens is 3. The minimum absolute atomic E-state index is 0.0223. The van der Waals surface area contributed by atoms with Crippen molar-refractivity contribution in [3.8, 4) is 11.4 Å². The first-order valence-electron chi connectivity index (χ1n) is 9.74. The van der Waals surface area contributed by atoms with Crippen LogP contribution < -0.4 is 11.0 Å². The van der Waals surface area contributed by atoms with Crippen LogP contribution in [0.4, 0.5) is 0 Å². The maximum Gasteiger partial charge on any atom is 0.266 e. The van der Waals surface area contributed by atoms with Crippen LogP contribution in [-0.4, -0.2) is 32.5 Å².